The molecule has 3 nitrogen and oxygen atoms in total. The van der Waals surface area contributed by atoms with Gasteiger partial charge >= 0.3 is 6.18 Å². The number of nitrogen functional groups attached to an aromatic ring is 1. The van der Waals surface area contributed by atoms with E-state index in [1.165, 1.54) is 4.90 Å². The largest absolute Gasteiger partial charge is 0.401 e. The van der Waals surface area contributed by atoms with Crippen LogP contribution in [-0.2, 0) is 6.54 Å². The van der Waals surface area contributed by atoms with Crippen molar-refractivity contribution in [3.05, 3.63) is 35.4 Å². The predicted molar refractivity (Wildman–Crippen MR) is 69.1 cm³/mol. The van der Waals surface area contributed by atoms with Crippen LogP contribution in [0.5, 0.6) is 0 Å². The Morgan fingerprint density at radius 1 is 1.32 bits per heavy atom. The Hall–Kier alpha value is -1.56. The zero-order chi connectivity index (χ0) is 14.5. The van der Waals surface area contributed by atoms with E-state index in [4.69, 9.17) is 11.1 Å². The summed E-state index contributed by atoms with van der Waals surface area (Å²) in [5.74, 6) is -0.126. The third kappa shape index (κ3) is 5.30. The van der Waals surface area contributed by atoms with Crippen LogP contribution in [0.2, 0.25) is 0 Å². The molecule has 106 valence electrons. The normalized spacial score (nSPS) is 11.8. The molecule has 0 heterocycles. The van der Waals surface area contributed by atoms with Crippen LogP contribution in [0.4, 0.5) is 13.2 Å². The van der Waals surface area contributed by atoms with Gasteiger partial charge in [-0.15, -0.1) is 0 Å². The lowest BCUT2D eigenvalue weighted by Gasteiger charge is -2.24. The molecule has 1 aromatic carbocycles. The quantitative estimate of drug-likeness (QED) is 0.618. The van der Waals surface area contributed by atoms with E-state index < -0.39 is 12.7 Å². The van der Waals surface area contributed by atoms with Crippen LogP contribution in [-0.4, -0.2) is 30.0 Å². The average molecular weight is 273 g/mol. The van der Waals surface area contributed by atoms with Crippen LogP contribution in [0, 0.1) is 5.41 Å². The van der Waals surface area contributed by atoms with Gasteiger partial charge in [0.05, 0.1) is 6.54 Å². The maximum absolute atomic E-state index is 12.5. The van der Waals surface area contributed by atoms with Gasteiger partial charge in [0, 0.05) is 12.1 Å². The molecule has 1 aromatic rings. The van der Waals surface area contributed by atoms with Gasteiger partial charge in [0.25, 0.3) is 0 Å². The number of amidine groups is 1. The molecular weight excluding hydrogens is 255 g/mol. The van der Waals surface area contributed by atoms with Gasteiger partial charge in [-0.1, -0.05) is 31.2 Å². The van der Waals surface area contributed by atoms with Crippen LogP contribution < -0.4 is 5.73 Å². The first kappa shape index (κ1) is 15.5. The third-order valence-electron chi connectivity index (χ3n) is 2.64. The van der Waals surface area contributed by atoms with Gasteiger partial charge in [-0.25, -0.2) is 0 Å². The first-order valence-corrected chi connectivity index (χ1v) is 6.05. The van der Waals surface area contributed by atoms with E-state index in [0.717, 1.165) is 0 Å². The number of hydrogen-bond donors (Lipinski definition) is 2. The van der Waals surface area contributed by atoms with E-state index in [1.54, 1.807) is 24.3 Å². The Bertz CT molecular complexity index is 429. The van der Waals surface area contributed by atoms with Crippen LogP contribution in [0.3, 0.4) is 0 Å². The second-order valence-electron chi connectivity index (χ2n) is 4.40. The lowest BCUT2D eigenvalue weighted by molar-refractivity contribution is -0.147. The van der Waals surface area contributed by atoms with Crippen molar-refractivity contribution in [1.29, 1.82) is 5.41 Å². The molecule has 0 aromatic heterocycles. The molecule has 3 N–H and O–H groups in total. The number of rotatable bonds is 6. The van der Waals surface area contributed by atoms with Crippen LogP contribution in [0.25, 0.3) is 0 Å². The molecule has 0 fully saturated rings. The molecule has 0 saturated heterocycles. The minimum Gasteiger partial charge on any atom is -0.384 e. The number of nitrogens with two attached hydrogens (primary N) is 1. The van der Waals surface area contributed by atoms with E-state index in [1.807, 2.05) is 6.92 Å². The molecule has 0 aliphatic rings. The van der Waals surface area contributed by atoms with Crippen molar-refractivity contribution in [2.75, 3.05) is 13.1 Å². The fraction of sp³-hybridized carbons (Fsp3) is 0.462. The molecule has 6 heteroatoms. The van der Waals surface area contributed by atoms with Crippen molar-refractivity contribution in [3.8, 4) is 0 Å². The van der Waals surface area contributed by atoms with E-state index in [9.17, 15) is 13.2 Å². The third-order valence-corrected chi connectivity index (χ3v) is 2.64. The van der Waals surface area contributed by atoms with Crippen LogP contribution in [0.1, 0.15) is 24.5 Å². The number of nitrogens with zero attached hydrogens (tertiary/aromatic N) is 1. The van der Waals surface area contributed by atoms with Gasteiger partial charge in [-0.05, 0) is 18.5 Å². The highest BCUT2D eigenvalue weighted by atomic mass is 19.4. The Morgan fingerprint density at radius 2 is 1.95 bits per heavy atom. The van der Waals surface area contributed by atoms with Crippen LogP contribution in [0.15, 0.2) is 24.3 Å². The van der Waals surface area contributed by atoms with Gasteiger partial charge < -0.3 is 5.73 Å². The molecule has 0 radical (unpaired) electrons. The highest BCUT2D eigenvalue weighted by molar-refractivity contribution is 5.96. The number of benzene rings is 1. The summed E-state index contributed by atoms with van der Waals surface area (Å²) in [7, 11) is 0. The zero-order valence-electron chi connectivity index (χ0n) is 10.8. The molecule has 0 unspecified atom stereocenters. The molecule has 1 rings (SSSR count). The summed E-state index contributed by atoms with van der Waals surface area (Å²) >= 11 is 0. The topological polar surface area (TPSA) is 53.1 Å². The Morgan fingerprint density at radius 3 is 2.47 bits per heavy atom. The maximum atomic E-state index is 12.5. The summed E-state index contributed by atoms with van der Waals surface area (Å²) in [6, 6.07) is 6.80. The molecule has 0 spiro atoms. The standard InChI is InChI=1S/C13H18F3N3/c1-2-7-19(9-13(14,15)16)8-10-5-3-4-6-11(10)12(17)18/h3-6H,2,7-9H2,1H3,(H3,17,18). The minimum atomic E-state index is -4.22. The fourth-order valence-electron chi connectivity index (χ4n) is 1.95. The molecule has 0 aliphatic heterocycles. The SMILES string of the molecule is CCCN(Cc1ccccc1C(=N)N)CC(F)(F)F. The second kappa shape index (κ2) is 6.56. The van der Waals surface area contributed by atoms with E-state index in [-0.39, 0.29) is 12.4 Å². The molecule has 19 heavy (non-hydrogen) atoms. The minimum absolute atomic E-state index is 0.126. The summed E-state index contributed by atoms with van der Waals surface area (Å²) in [6.07, 6.45) is -3.58. The molecule has 0 aliphatic carbocycles. The Balaban J connectivity index is 2.87. The van der Waals surface area contributed by atoms with Gasteiger partial charge in [0.15, 0.2) is 0 Å². The van der Waals surface area contributed by atoms with Crippen LogP contribution >= 0.6 is 0 Å². The van der Waals surface area contributed by atoms with Gasteiger partial charge in [0.2, 0.25) is 0 Å². The van der Waals surface area contributed by atoms with E-state index in [2.05, 4.69) is 0 Å². The summed E-state index contributed by atoms with van der Waals surface area (Å²) in [6.45, 7) is 1.38. The van der Waals surface area contributed by atoms with Gasteiger partial charge in [0.1, 0.15) is 5.84 Å². The molecule has 0 bridgehead atoms. The predicted octanol–water partition coefficient (Wildman–Crippen LogP) is 2.74. The Labute approximate surface area is 110 Å². The summed E-state index contributed by atoms with van der Waals surface area (Å²) < 4.78 is 37.4. The van der Waals surface area contributed by atoms with E-state index >= 15 is 0 Å². The smallest absolute Gasteiger partial charge is 0.384 e. The molecule has 0 amide bonds. The highest BCUT2D eigenvalue weighted by Gasteiger charge is 2.30. The first-order valence-electron chi connectivity index (χ1n) is 6.05. The number of hydrogen-bond acceptors (Lipinski definition) is 2. The highest BCUT2D eigenvalue weighted by Crippen LogP contribution is 2.19. The summed E-state index contributed by atoms with van der Waals surface area (Å²) in [4.78, 5) is 1.32. The molecule has 0 saturated carbocycles. The number of nitrogens with one attached hydrogen (secondary N) is 1. The summed E-state index contributed by atoms with van der Waals surface area (Å²) in [5, 5.41) is 7.44. The van der Waals surface area contributed by atoms with E-state index in [0.29, 0.717) is 24.1 Å². The molecule has 0 atom stereocenters. The maximum Gasteiger partial charge on any atom is 0.401 e. The first-order chi connectivity index (χ1) is 8.83. The van der Waals surface area contributed by atoms with Crippen molar-refractivity contribution in [2.24, 2.45) is 5.73 Å². The Kier molecular flexibility index (Phi) is 5.35. The fourth-order valence-corrected chi connectivity index (χ4v) is 1.95. The van der Waals surface area contributed by atoms with Gasteiger partial charge in [-0.2, -0.15) is 13.2 Å². The molecular formula is C13H18F3N3. The van der Waals surface area contributed by atoms with Crippen molar-refractivity contribution in [1.82, 2.24) is 4.90 Å². The lowest BCUT2D eigenvalue weighted by atomic mass is 10.1. The second-order valence-corrected chi connectivity index (χ2v) is 4.40. The van der Waals surface area contributed by atoms with Crippen molar-refractivity contribution >= 4 is 5.84 Å². The average Bonchev–Trinajstić information content (AvgIpc) is 2.27. The number of alkyl halides is 3. The lowest BCUT2D eigenvalue weighted by Crippen LogP contribution is -2.35. The number of halogens is 3. The van der Waals surface area contributed by atoms with Crippen molar-refractivity contribution in [3.63, 3.8) is 0 Å². The monoisotopic (exact) mass is 273 g/mol. The van der Waals surface area contributed by atoms with Gasteiger partial charge in [-0.3, -0.25) is 10.3 Å². The van der Waals surface area contributed by atoms with Crippen molar-refractivity contribution < 1.29 is 13.2 Å². The zero-order valence-corrected chi connectivity index (χ0v) is 10.8. The summed E-state index contributed by atoms with van der Waals surface area (Å²) in [5.41, 5.74) is 6.57. The van der Waals surface area contributed by atoms with Crippen molar-refractivity contribution in [2.45, 2.75) is 26.1 Å².